The molecule has 0 aromatic heterocycles. The summed E-state index contributed by atoms with van der Waals surface area (Å²) in [6.45, 7) is 13.3. The fraction of sp³-hybridized carbons (Fsp3) is 0.667. The molecule has 2 N–H and O–H groups in total. The van der Waals surface area contributed by atoms with E-state index in [-0.39, 0.29) is 0 Å². The molecule has 6 nitrogen and oxygen atoms in total. The van der Waals surface area contributed by atoms with Crippen molar-refractivity contribution >= 4 is 5.96 Å². The lowest BCUT2D eigenvalue weighted by atomic mass is 10.0. The highest BCUT2D eigenvalue weighted by Crippen LogP contribution is 2.13. The zero-order valence-electron chi connectivity index (χ0n) is 17.3. The van der Waals surface area contributed by atoms with Gasteiger partial charge in [0.1, 0.15) is 0 Å². The van der Waals surface area contributed by atoms with Gasteiger partial charge >= 0.3 is 0 Å². The Hall–Kier alpha value is -1.63. The van der Waals surface area contributed by atoms with Gasteiger partial charge in [-0.05, 0) is 24.0 Å². The highest BCUT2D eigenvalue weighted by molar-refractivity contribution is 5.79. The van der Waals surface area contributed by atoms with Crippen molar-refractivity contribution in [3.8, 4) is 0 Å². The van der Waals surface area contributed by atoms with Crippen molar-refractivity contribution < 1.29 is 9.47 Å². The van der Waals surface area contributed by atoms with Crippen LogP contribution < -0.4 is 10.6 Å². The van der Waals surface area contributed by atoms with Crippen LogP contribution in [0, 0.1) is 5.92 Å². The molecule has 1 aliphatic rings. The number of nitrogens with one attached hydrogen (secondary N) is 2. The van der Waals surface area contributed by atoms with Gasteiger partial charge in [0, 0.05) is 39.3 Å². The number of hydrogen-bond donors (Lipinski definition) is 2. The van der Waals surface area contributed by atoms with Crippen LogP contribution in [0.25, 0.3) is 0 Å². The van der Waals surface area contributed by atoms with Gasteiger partial charge in [0.2, 0.25) is 0 Å². The summed E-state index contributed by atoms with van der Waals surface area (Å²) in [5.74, 6) is 1.43. The van der Waals surface area contributed by atoms with Crippen LogP contribution in [0.3, 0.4) is 0 Å². The zero-order valence-corrected chi connectivity index (χ0v) is 17.3. The van der Waals surface area contributed by atoms with E-state index in [0.717, 1.165) is 45.4 Å². The number of methoxy groups -OCH3 is 1. The summed E-state index contributed by atoms with van der Waals surface area (Å²) >= 11 is 0. The molecule has 1 fully saturated rings. The SMILES string of the molecule is CCNC(=NCc1ccccc1COC)NCC(C(C)C)N1CCOCC1. The summed E-state index contributed by atoms with van der Waals surface area (Å²) in [7, 11) is 1.73. The average molecular weight is 377 g/mol. The first kappa shape index (κ1) is 21.7. The summed E-state index contributed by atoms with van der Waals surface area (Å²) in [6.07, 6.45) is 0. The zero-order chi connectivity index (χ0) is 19.5. The molecule has 2 rings (SSSR count). The summed E-state index contributed by atoms with van der Waals surface area (Å²) < 4.78 is 10.8. The maximum atomic E-state index is 5.50. The lowest BCUT2D eigenvalue weighted by Gasteiger charge is -2.37. The van der Waals surface area contributed by atoms with E-state index >= 15 is 0 Å². The van der Waals surface area contributed by atoms with E-state index in [0.29, 0.717) is 25.1 Å². The van der Waals surface area contributed by atoms with Crippen molar-refractivity contribution in [2.75, 3.05) is 46.5 Å². The fourth-order valence-electron chi connectivity index (χ4n) is 3.41. The number of rotatable bonds is 9. The second kappa shape index (κ2) is 12.0. The Morgan fingerprint density at radius 1 is 1.19 bits per heavy atom. The van der Waals surface area contributed by atoms with Gasteiger partial charge in [-0.25, -0.2) is 4.99 Å². The first-order chi connectivity index (χ1) is 13.2. The van der Waals surface area contributed by atoms with Gasteiger partial charge in [0.15, 0.2) is 5.96 Å². The minimum Gasteiger partial charge on any atom is -0.380 e. The van der Waals surface area contributed by atoms with Crippen molar-refractivity contribution in [3.05, 3.63) is 35.4 Å². The topological polar surface area (TPSA) is 58.1 Å². The van der Waals surface area contributed by atoms with Gasteiger partial charge in [0.25, 0.3) is 0 Å². The standard InChI is InChI=1S/C21H36N4O2/c1-5-22-21(23-14-18-8-6-7-9-19(18)16-26-4)24-15-20(17(2)3)25-10-12-27-13-11-25/h6-9,17,20H,5,10-16H2,1-4H3,(H2,22,23,24). The minimum absolute atomic E-state index is 0.471. The summed E-state index contributed by atoms with van der Waals surface area (Å²) in [5.41, 5.74) is 2.39. The molecule has 1 aromatic rings. The molecule has 0 spiro atoms. The second-order valence-corrected chi connectivity index (χ2v) is 7.24. The summed E-state index contributed by atoms with van der Waals surface area (Å²) in [5, 5.41) is 6.91. The van der Waals surface area contributed by atoms with Gasteiger partial charge in [-0.2, -0.15) is 0 Å². The molecule has 0 radical (unpaired) electrons. The predicted octanol–water partition coefficient (Wildman–Crippen LogP) is 2.24. The third kappa shape index (κ3) is 7.13. The van der Waals surface area contributed by atoms with E-state index in [2.05, 4.69) is 54.5 Å². The van der Waals surface area contributed by atoms with Gasteiger partial charge in [-0.3, -0.25) is 4.90 Å². The van der Waals surface area contributed by atoms with Gasteiger partial charge < -0.3 is 20.1 Å². The van der Waals surface area contributed by atoms with Crippen LogP contribution in [0.5, 0.6) is 0 Å². The molecule has 1 unspecified atom stereocenters. The average Bonchev–Trinajstić information content (AvgIpc) is 2.68. The lowest BCUT2D eigenvalue weighted by Crippen LogP contribution is -2.52. The molecule has 0 bridgehead atoms. The Balaban J connectivity index is 2.00. The predicted molar refractivity (Wildman–Crippen MR) is 111 cm³/mol. The highest BCUT2D eigenvalue weighted by atomic mass is 16.5. The number of nitrogens with zero attached hydrogens (tertiary/aromatic N) is 2. The molecule has 6 heteroatoms. The Morgan fingerprint density at radius 3 is 2.52 bits per heavy atom. The van der Waals surface area contributed by atoms with Crippen LogP contribution >= 0.6 is 0 Å². The number of hydrogen-bond acceptors (Lipinski definition) is 4. The molecule has 1 saturated heterocycles. The largest absolute Gasteiger partial charge is 0.380 e. The highest BCUT2D eigenvalue weighted by Gasteiger charge is 2.23. The molecule has 1 atom stereocenters. The van der Waals surface area contributed by atoms with E-state index in [1.807, 2.05) is 6.07 Å². The van der Waals surface area contributed by atoms with Crippen molar-refractivity contribution in [1.29, 1.82) is 0 Å². The molecular weight excluding hydrogens is 340 g/mol. The molecule has 1 heterocycles. The first-order valence-electron chi connectivity index (χ1n) is 10.0. The van der Waals surface area contributed by atoms with Crippen LogP contribution in [-0.4, -0.2) is 63.4 Å². The second-order valence-electron chi connectivity index (χ2n) is 7.24. The Labute approximate surface area is 164 Å². The van der Waals surface area contributed by atoms with Crippen LogP contribution in [-0.2, 0) is 22.6 Å². The molecule has 0 amide bonds. The quantitative estimate of drug-likeness (QED) is 0.511. The Morgan fingerprint density at radius 2 is 1.89 bits per heavy atom. The lowest BCUT2D eigenvalue weighted by molar-refractivity contribution is 0.00752. The van der Waals surface area contributed by atoms with Crippen LogP contribution in [0.2, 0.25) is 0 Å². The molecule has 1 aromatic carbocycles. The normalized spacial score (nSPS) is 17.1. The van der Waals surface area contributed by atoms with Crippen LogP contribution in [0.4, 0.5) is 0 Å². The fourth-order valence-corrected chi connectivity index (χ4v) is 3.41. The number of benzene rings is 1. The van der Waals surface area contributed by atoms with E-state index < -0.39 is 0 Å². The Kier molecular flexibility index (Phi) is 9.59. The van der Waals surface area contributed by atoms with Crippen molar-refractivity contribution in [1.82, 2.24) is 15.5 Å². The van der Waals surface area contributed by atoms with Crippen molar-refractivity contribution in [2.45, 2.75) is 40.0 Å². The third-order valence-electron chi connectivity index (χ3n) is 4.93. The molecule has 0 aliphatic carbocycles. The van der Waals surface area contributed by atoms with Crippen molar-refractivity contribution in [2.24, 2.45) is 10.9 Å². The summed E-state index contributed by atoms with van der Waals surface area (Å²) in [6, 6.07) is 8.78. The number of guanidine groups is 1. The molecule has 152 valence electrons. The van der Waals surface area contributed by atoms with E-state index in [1.165, 1.54) is 11.1 Å². The number of ether oxygens (including phenoxy) is 2. The summed E-state index contributed by atoms with van der Waals surface area (Å²) in [4.78, 5) is 7.33. The smallest absolute Gasteiger partial charge is 0.191 e. The molecule has 1 aliphatic heterocycles. The molecule has 0 saturated carbocycles. The van der Waals surface area contributed by atoms with Gasteiger partial charge in [0.05, 0.1) is 26.4 Å². The maximum Gasteiger partial charge on any atom is 0.191 e. The Bertz CT molecular complexity index is 571. The number of morpholine rings is 1. The third-order valence-corrected chi connectivity index (χ3v) is 4.93. The van der Waals surface area contributed by atoms with Crippen LogP contribution in [0.1, 0.15) is 31.9 Å². The van der Waals surface area contributed by atoms with E-state index in [1.54, 1.807) is 7.11 Å². The number of aliphatic imine (C=N–C) groups is 1. The van der Waals surface area contributed by atoms with Crippen molar-refractivity contribution in [3.63, 3.8) is 0 Å². The van der Waals surface area contributed by atoms with Crippen LogP contribution in [0.15, 0.2) is 29.3 Å². The van der Waals surface area contributed by atoms with E-state index in [9.17, 15) is 0 Å². The minimum atomic E-state index is 0.471. The van der Waals surface area contributed by atoms with E-state index in [4.69, 9.17) is 14.5 Å². The first-order valence-corrected chi connectivity index (χ1v) is 10.0. The molecular formula is C21H36N4O2. The van der Waals surface area contributed by atoms with Gasteiger partial charge in [-0.1, -0.05) is 38.1 Å². The van der Waals surface area contributed by atoms with Gasteiger partial charge in [-0.15, -0.1) is 0 Å². The maximum absolute atomic E-state index is 5.50. The molecule has 27 heavy (non-hydrogen) atoms. The monoisotopic (exact) mass is 376 g/mol.